The van der Waals surface area contributed by atoms with Crippen molar-refractivity contribution >= 4 is 15.9 Å². The number of rotatable bonds is 7. The lowest BCUT2D eigenvalue weighted by Crippen LogP contribution is -2.43. The molecule has 0 aromatic rings. The molecule has 0 heterocycles. The number of hydrogen-bond donors (Lipinski definition) is 0. The molecular formula is C13H26BrNO. The zero-order chi connectivity index (χ0) is 12.0. The van der Waals surface area contributed by atoms with E-state index in [1.54, 1.807) is 0 Å². The molecule has 2 nitrogen and oxygen atoms in total. The minimum Gasteiger partial charge on any atom is -0.375 e. The molecule has 1 aliphatic carbocycles. The van der Waals surface area contributed by atoms with Gasteiger partial charge in [0.2, 0.25) is 0 Å². The lowest BCUT2D eigenvalue weighted by Gasteiger charge is -2.38. The van der Waals surface area contributed by atoms with E-state index in [0.717, 1.165) is 24.5 Å². The van der Waals surface area contributed by atoms with Gasteiger partial charge in [-0.05, 0) is 46.6 Å². The van der Waals surface area contributed by atoms with Gasteiger partial charge < -0.3 is 4.74 Å². The smallest absolute Gasteiger partial charge is 0.0600 e. The maximum absolute atomic E-state index is 5.81. The van der Waals surface area contributed by atoms with E-state index in [9.17, 15) is 0 Å². The first-order chi connectivity index (χ1) is 7.53. The van der Waals surface area contributed by atoms with Crippen LogP contribution in [0.15, 0.2) is 0 Å². The van der Waals surface area contributed by atoms with Crippen molar-refractivity contribution in [2.75, 3.05) is 25.0 Å². The number of halogens is 1. The number of hydrogen-bond acceptors (Lipinski definition) is 2. The highest BCUT2D eigenvalue weighted by Crippen LogP contribution is 2.24. The molecule has 0 bridgehead atoms. The Morgan fingerprint density at radius 3 is 2.38 bits per heavy atom. The molecule has 0 radical (unpaired) electrons. The van der Waals surface area contributed by atoms with Crippen molar-refractivity contribution in [3.8, 4) is 0 Å². The Bertz CT molecular complexity index is 187. The highest BCUT2D eigenvalue weighted by molar-refractivity contribution is 9.09. The Labute approximate surface area is 109 Å². The van der Waals surface area contributed by atoms with Gasteiger partial charge in [0.1, 0.15) is 0 Å². The van der Waals surface area contributed by atoms with Gasteiger partial charge in [0.25, 0.3) is 0 Å². The van der Waals surface area contributed by atoms with Crippen LogP contribution in [0.2, 0.25) is 0 Å². The Hall–Kier alpha value is 0.400. The van der Waals surface area contributed by atoms with Crippen molar-refractivity contribution in [2.24, 2.45) is 0 Å². The summed E-state index contributed by atoms with van der Waals surface area (Å²) < 4.78 is 5.81. The SMILES string of the molecule is CC(C)(C)OCCN(CCCBr)C1CCC1. The van der Waals surface area contributed by atoms with Crippen molar-refractivity contribution in [2.45, 2.75) is 58.1 Å². The third-order valence-corrected chi connectivity index (χ3v) is 3.64. The average Bonchev–Trinajstić information content (AvgIpc) is 2.08. The molecule has 0 atom stereocenters. The van der Waals surface area contributed by atoms with E-state index in [4.69, 9.17) is 4.74 Å². The van der Waals surface area contributed by atoms with Crippen molar-refractivity contribution in [3.63, 3.8) is 0 Å². The largest absolute Gasteiger partial charge is 0.375 e. The molecular weight excluding hydrogens is 266 g/mol. The Morgan fingerprint density at radius 1 is 1.25 bits per heavy atom. The van der Waals surface area contributed by atoms with Gasteiger partial charge in [-0.3, -0.25) is 4.90 Å². The zero-order valence-corrected chi connectivity index (χ0v) is 12.6. The van der Waals surface area contributed by atoms with Crippen LogP contribution in [0.4, 0.5) is 0 Å². The van der Waals surface area contributed by atoms with E-state index in [2.05, 4.69) is 41.6 Å². The molecule has 16 heavy (non-hydrogen) atoms. The molecule has 1 aliphatic rings. The molecule has 0 spiro atoms. The van der Waals surface area contributed by atoms with Crippen LogP contribution in [0.1, 0.15) is 46.5 Å². The second-order valence-corrected chi connectivity index (χ2v) is 6.42. The standard InChI is InChI=1S/C13H26BrNO/c1-13(2,3)16-11-10-15(9-5-8-14)12-6-4-7-12/h12H,4-11H2,1-3H3. The molecule has 3 heteroatoms. The lowest BCUT2D eigenvalue weighted by molar-refractivity contribution is -0.0224. The first-order valence-corrected chi connectivity index (χ1v) is 7.59. The highest BCUT2D eigenvalue weighted by atomic mass is 79.9. The Balaban J connectivity index is 2.21. The second kappa shape index (κ2) is 6.97. The third-order valence-electron chi connectivity index (χ3n) is 3.08. The lowest BCUT2D eigenvalue weighted by atomic mass is 9.91. The normalized spacial score (nSPS) is 17.8. The Morgan fingerprint density at radius 2 is 1.94 bits per heavy atom. The maximum atomic E-state index is 5.81. The van der Waals surface area contributed by atoms with Crippen LogP contribution >= 0.6 is 15.9 Å². The fourth-order valence-corrected chi connectivity index (χ4v) is 2.21. The van der Waals surface area contributed by atoms with Crippen LogP contribution in [0.25, 0.3) is 0 Å². The molecule has 0 amide bonds. The van der Waals surface area contributed by atoms with Gasteiger partial charge in [-0.25, -0.2) is 0 Å². The van der Waals surface area contributed by atoms with E-state index in [-0.39, 0.29) is 5.60 Å². The first kappa shape index (κ1) is 14.5. The molecule has 0 aromatic carbocycles. The van der Waals surface area contributed by atoms with Crippen LogP contribution in [-0.4, -0.2) is 41.6 Å². The summed E-state index contributed by atoms with van der Waals surface area (Å²) in [6.07, 6.45) is 5.43. The van der Waals surface area contributed by atoms with Gasteiger partial charge in [-0.2, -0.15) is 0 Å². The summed E-state index contributed by atoms with van der Waals surface area (Å²) in [4.78, 5) is 2.61. The summed E-state index contributed by atoms with van der Waals surface area (Å²) in [5.41, 5.74) is 0.000701. The summed E-state index contributed by atoms with van der Waals surface area (Å²) in [7, 11) is 0. The topological polar surface area (TPSA) is 12.5 Å². The molecule has 96 valence electrons. The van der Waals surface area contributed by atoms with Crippen molar-refractivity contribution < 1.29 is 4.74 Å². The van der Waals surface area contributed by atoms with Gasteiger partial charge in [0.05, 0.1) is 12.2 Å². The van der Waals surface area contributed by atoms with Crippen molar-refractivity contribution in [1.29, 1.82) is 0 Å². The number of alkyl halides is 1. The minimum atomic E-state index is 0.000701. The summed E-state index contributed by atoms with van der Waals surface area (Å²) in [6, 6.07) is 0.836. The van der Waals surface area contributed by atoms with E-state index in [1.165, 1.54) is 32.2 Å². The van der Waals surface area contributed by atoms with Gasteiger partial charge >= 0.3 is 0 Å². The summed E-state index contributed by atoms with van der Waals surface area (Å²) in [5, 5.41) is 1.11. The summed E-state index contributed by atoms with van der Waals surface area (Å²) in [5.74, 6) is 0. The fourth-order valence-electron chi connectivity index (χ4n) is 1.96. The molecule has 0 aromatic heterocycles. The quantitative estimate of drug-likeness (QED) is 0.666. The zero-order valence-electron chi connectivity index (χ0n) is 11.0. The van der Waals surface area contributed by atoms with E-state index >= 15 is 0 Å². The molecule has 0 unspecified atom stereocenters. The molecule has 1 fully saturated rings. The van der Waals surface area contributed by atoms with Crippen molar-refractivity contribution in [3.05, 3.63) is 0 Å². The molecule has 0 N–H and O–H groups in total. The Kier molecular flexibility index (Phi) is 6.30. The van der Waals surface area contributed by atoms with Gasteiger partial charge in [-0.15, -0.1) is 0 Å². The van der Waals surface area contributed by atoms with Crippen LogP contribution < -0.4 is 0 Å². The van der Waals surface area contributed by atoms with Crippen LogP contribution in [-0.2, 0) is 4.74 Å². The minimum absolute atomic E-state index is 0.000701. The predicted molar refractivity (Wildman–Crippen MR) is 73.3 cm³/mol. The predicted octanol–water partition coefficient (Wildman–Crippen LogP) is 3.44. The third kappa shape index (κ3) is 5.65. The summed E-state index contributed by atoms with van der Waals surface area (Å²) >= 11 is 3.51. The van der Waals surface area contributed by atoms with Gasteiger partial charge in [-0.1, -0.05) is 22.4 Å². The first-order valence-electron chi connectivity index (χ1n) is 6.47. The van der Waals surface area contributed by atoms with E-state index in [1.807, 2.05) is 0 Å². The van der Waals surface area contributed by atoms with Crippen LogP contribution in [0, 0.1) is 0 Å². The van der Waals surface area contributed by atoms with Gasteiger partial charge in [0.15, 0.2) is 0 Å². The molecule has 0 aliphatic heterocycles. The fraction of sp³-hybridized carbons (Fsp3) is 1.00. The van der Waals surface area contributed by atoms with Crippen molar-refractivity contribution in [1.82, 2.24) is 4.90 Å². The van der Waals surface area contributed by atoms with E-state index < -0.39 is 0 Å². The van der Waals surface area contributed by atoms with Gasteiger partial charge in [0, 0.05) is 17.9 Å². The maximum Gasteiger partial charge on any atom is 0.0600 e. The second-order valence-electron chi connectivity index (χ2n) is 5.62. The van der Waals surface area contributed by atoms with Crippen LogP contribution in [0.5, 0.6) is 0 Å². The number of ether oxygens (including phenoxy) is 1. The monoisotopic (exact) mass is 291 g/mol. The van der Waals surface area contributed by atoms with E-state index in [0.29, 0.717) is 0 Å². The molecule has 1 saturated carbocycles. The molecule has 1 rings (SSSR count). The highest BCUT2D eigenvalue weighted by Gasteiger charge is 2.24. The van der Waals surface area contributed by atoms with Crippen LogP contribution in [0.3, 0.4) is 0 Å². The number of nitrogens with zero attached hydrogens (tertiary/aromatic N) is 1. The average molecular weight is 292 g/mol. The summed E-state index contributed by atoms with van der Waals surface area (Å²) in [6.45, 7) is 9.54. The molecule has 0 saturated heterocycles.